The Balaban J connectivity index is 1.66. The molecule has 1 saturated heterocycles. The summed E-state index contributed by atoms with van der Waals surface area (Å²) in [6, 6.07) is 14.6. The second kappa shape index (κ2) is 10.5. The van der Waals surface area contributed by atoms with Crippen LogP contribution in [0.25, 0.3) is 6.08 Å². The number of amides is 1. The van der Waals surface area contributed by atoms with Gasteiger partial charge in [0.05, 0.1) is 23.6 Å². The van der Waals surface area contributed by atoms with Crippen LogP contribution in [0, 0.1) is 31.0 Å². The fourth-order valence-electron chi connectivity index (χ4n) is 3.88. The van der Waals surface area contributed by atoms with Crippen molar-refractivity contribution in [1.29, 1.82) is 5.26 Å². The van der Waals surface area contributed by atoms with E-state index in [9.17, 15) is 29.1 Å². The summed E-state index contributed by atoms with van der Waals surface area (Å²) < 4.78 is 14.3. The zero-order valence-corrected chi connectivity index (χ0v) is 21.5. The number of carbonyl (C=O) groups is 2. The first-order valence-electron chi connectivity index (χ1n) is 11.1. The number of aryl methyl sites for hydroxylation is 1. The Morgan fingerprint density at radius 3 is 2.41 bits per heavy atom. The van der Waals surface area contributed by atoms with Crippen molar-refractivity contribution in [3.05, 3.63) is 103 Å². The number of aromatic hydroxyl groups is 1. The van der Waals surface area contributed by atoms with E-state index in [1.807, 2.05) is 25.1 Å². The Labute approximate surface area is 221 Å². The number of hydrogen-bond acceptors (Lipinski definition) is 7. The van der Waals surface area contributed by atoms with E-state index in [1.165, 1.54) is 31.2 Å². The number of nitrogens with zero attached hydrogens (tertiary/aromatic N) is 3. The van der Waals surface area contributed by atoms with Gasteiger partial charge in [0, 0.05) is 0 Å². The molecule has 2 aromatic carbocycles. The van der Waals surface area contributed by atoms with E-state index < -0.39 is 35.5 Å². The van der Waals surface area contributed by atoms with E-state index in [0.29, 0.717) is 11.1 Å². The zero-order valence-electron chi connectivity index (χ0n) is 19.8. The number of thioether (sulfide) groups is 1. The molecule has 1 aliphatic rings. The van der Waals surface area contributed by atoms with Crippen LogP contribution in [0.3, 0.4) is 0 Å². The van der Waals surface area contributed by atoms with Crippen LogP contribution < -0.4 is 5.56 Å². The van der Waals surface area contributed by atoms with Crippen molar-refractivity contribution in [2.75, 3.05) is 6.54 Å². The number of nitriles is 1. The van der Waals surface area contributed by atoms with Crippen molar-refractivity contribution in [2.24, 2.45) is 0 Å². The Hall–Kier alpha value is -4.07. The minimum absolute atomic E-state index is 0.0300. The molecule has 0 radical (unpaired) electrons. The second-order valence-electron chi connectivity index (χ2n) is 8.43. The number of Topliss-reactive ketones (excluding diaryl/α,β-unsaturated/α-hetero) is 1. The van der Waals surface area contributed by atoms with Gasteiger partial charge in [-0.2, -0.15) is 5.26 Å². The molecule has 0 spiro atoms. The molecule has 1 aliphatic heterocycles. The van der Waals surface area contributed by atoms with Crippen LogP contribution in [0.15, 0.2) is 58.2 Å². The molecular weight excluding hydrogens is 513 g/mol. The van der Waals surface area contributed by atoms with Gasteiger partial charge < -0.3 is 5.11 Å². The number of rotatable bonds is 6. The van der Waals surface area contributed by atoms with Crippen LogP contribution in [0.2, 0.25) is 0 Å². The van der Waals surface area contributed by atoms with Crippen molar-refractivity contribution in [1.82, 2.24) is 9.47 Å². The predicted molar refractivity (Wildman–Crippen MR) is 143 cm³/mol. The SMILES string of the molecule is Cc1ccc(Cn2c(O)c(C(=O)CN3C(=O)/C(=C/c4ccc(F)cc4)SC3=S)c(C)c(C#N)c2=O)cc1. The molecule has 0 unspecified atom stereocenters. The normalized spacial score (nSPS) is 14.3. The number of thiocarbonyl (C=S) groups is 1. The standard InChI is InChI=1S/C27H20FN3O4S2/c1-15-3-5-18(6-4-15)13-30-24(33)20(12-29)16(2)23(26(30)35)21(32)14-31-25(34)22(37-27(31)36)11-17-7-9-19(28)10-8-17/h3-11,35H,13-14H2,1-2H3/b22-11-. The number of ketones is 1. The van der Waals surface area contributed by atoms with Crippen molar-refractivity contribution in [2.45, 2.75) is 20.4 Å². The van der Waals surface area contributed by atoms with E-state index in [0.717, 1.165) is 26.8 Å². The van der Waals surface area contributed by atoms with Gasteiger partial charge in [0.1, 0.15) is 21.8 Å². The summed E-state index contributed by atoms with van der Waals surface area (Å²) >= 11 is 6.30. The van der Waals surface area contributed by atoms with Gasteiger partial charge in [0.2, 0.25) is 5.88 Å². The molecule has 37 heavy (non-hydrogen) atoms. The summed E-state index contributed by atoms with van der Waals surface area (Å²) in [4.78, 5) is 40.6. The lowest BCUT2D eigenvalue weighted by molar-refractivity contribution is -0.121. The van der Waals surface area contributed by atoms with Crippen LogP contribution in [0.1, 0.15) is 38.2 Å². The first-order chi connectivity index (χ1) is 17.6. The lowest BCUT2D eigenvalue weighted by Gasteiger charge is -2.18. The summed E-state index contributed by atoms with van der Waals surface area (Å²) in [7, 11) is 0. The van der Waals surface area contributed by atoms with Crippen molar-refractivity contribution >= 4 is 46.1 Å². The van der Waals surface area contributed by atoms with Gasteiger partial charge in [-0.15, -0.1) is 0 Å². The molecule has 10 heteroatoms. The maximum absolute atomic E-state index is 13.4. The molecule has 0 aliphatic carbocycles. The summed E-state index contributed by atoms with van der Waals surface area (Å²) in [5.41, 5.74) is 1.11. The minimum atomic E-state index is -0.720. The molecule has 1 amide bonds. The number of hydrogen-bond donors (Lipinski definition) is 1. The quantitative estimate of drug-likeness (QED) is 0.286. The van der Waals surface area contributed by atoms with E-state index in [2.05, 4.69) is 0 Å². The highest BCUT2D eigenvalue weighted by molar-refractivity contribution is 8.26. The summed E-state index contributed by atoms with van der Waals surface area (Å²) in [5.74, 6) is -2.19. The van der Waals surface area contributed by atoms with Crippen LogP contribution >= 0.6 is 24.0 Å². The van der Waals surface area contributed by atoms with Gasteiger partial charge >= 0.3 is 0 Å². The largest absolute Gasteiger partial charge is 0.494 e. The van der Waals surface area contributed by atoms with Crippen molar-refractivity contribution in [3.63, 3.8) is 0 Å². The number of benzene rings is 2. The molecule has 0 bridgehead atoms. The smallest absolute Gasteiger partial charge is 0.271 e. The zero-order chi connectivity index (χ0) is 26.9. The topological polar surface area (TPSA) is 103 Å². The number of halogens is 1. The molecule has 0 atom stereocenters. The van der Waals surface area contributed by atoms with Gasteiger partial charge in [-0.25, -0.2) is 4.39 Å². The summed E-state index contributed by atoms with van der Waals surface area (Å²) in [6.45, 7) is 2.77. The molecule has 2 heterocycles. The fourth-order valence-corrected chi connectivity index (χ4v) is 5.13. The number of pyridine rings is 1. The van der Waals surface area contributed by atoms with Crippen LogP contribution in [0.4, 0.5) is 4.39 Å². The molecule has 3 aromatic rings. The predicted octanol–water partition coefficient (Wildman–Crippen LogP) is 4.31. The summed E-state index contributed by atoms with van der Waals surface area (Å²) in [6.07, 6.45) is 1.54. The van der Waals surface area contributed by atoms with Gasteiger partial charge in [-0.05, 0) is 48.7 Å². The van der Waals surface area contributed by atoms with Crippen LogP contribution in [-0.2, 0) is 11.3 Å². The lowest BCUT2D eigenvalue weighted by Crippen LogP contribution is -2.35. The second-order valence-corrected chi connectivity index (χ2v) is 10.1. The van der Waals surface area contributed by atoms with Crippen LogP contribution in [-0.4, -0.2) is 37.1 Å². The first kappa shape index (κ1) is 26.0. The van der Waals surface area contributed by atoms with Gasteiger partial charge in [-0.3, -0.25) is 23.9 Å². The average molecular weight is 534 g/mol. The Kier molecular flexibility index (Phi) is 7.38. The van der Waals surface area contributed by atoms with Gasteiger partial charge in [0.25, 0.3) is 11.5 Å². The molecule has 1 N–H and O–H groups in total. The highest BCUT2D eigenvalue weighted by atomic mass is 32.2. The first-order valence-corrected chi connectivity index (χ1v) is 12.3. The van der Waals surface area contributed by atoms with E-state index in [1.54, 1.807) is 18.2 Å². The molecule has 4 rings (SSSR count). The maximum atomic E-state index is 13.4. The molecule has 1 fully saturated rings. The monoisotopic (exact) mass is 533 g/mol. The maximum Gasteiger partial charge on any atom is 0.271 e. The van der Waals surface area contributed by atoms with E-state index in [4.69, 9.17) is 12.2 Å². The highest BCUT2D eigenvalue weighted by Crippen LogP contribution is 2.33. The van der Waals surface area contributed by atoms with Crippen LogP contribution in [0.5, 0.6) is 5.88 Å². The highest BCUT2D eigenvalue weighted by Gasteiger charge is 2.35. The molecule has 0 saturated carbocycles. The molecular formula is C27H20FN3O4S2. The van der Waals surface area contributed by atoms with Crippen molar-refractivity contribution in [3.8, 4) is 11.9 Å². The van der Waals surface area contributed by atoms with E-state index in [-0.39, 0.29) is 32.5 Å². The van der Waals surface area contributed by atoms with Gasteiger partial charge in [0.15, 0.2) is 5.78 Å². The third kappa shape index (κ3) is 5.23. The molecule has 1 aromatic heterocycles. The molecule has 186 valence electrons. The Morgan fingerprint density at radius 2 is 1.78 bits per heavy atom. The van der Waals surface area contributed by atoms with E-state index >= 15 is 0 Å². The van der Waals surface area contributed by atoms with Crippen molar-refractivity contribution < 1.29 is 19.1 Å². The third-order valence-corrected chi connectivity index (χ3v) is 7.26. The van der Waals surface area contributed by atoms with Gasteiger partial charge in [-0.1, -0.05) is 65.9 Å². The average Bonchev–Trinajstić information content (AvgIpc) is 3.12. The molecule has 7 nitrogen and oxygen atoms in total. The Bertz CT molecular complexity index is 1570. The number of aromatic nitrogens is 1. The Morgan fingerprint density at radius 1 is 1.14 bits per heavy atom. The fraction of sp³-hybridized carbons (Fsp3) is 0.148. The minimum Gasteiger partial charge on any atom is -0.494 e. The summed E-state index contributed by atoms with van der Waals surface area (Å²) in [5, 5.41) is 20.6. The third-order valence-electron chi connectivity index (χ3n) is 5.88. The number of carbonyl (C=O) groups excluding carboxylic acids is 2. The lowest BCUT2D eigenvalue weighted by atomic mass is 10.0.